The first-order valence-corrected chi connectivity index (χ1v) is 9.61. The van der Waals surface area contributed by atoms with Gasteiger partial charge in [-0.1, -0.05) is 0 Å². The third-order valence-corrected chi connectivity index (χ3v) is 5.03. The number of aromatic nitrogens is 1. The molecule has 0 N–H and O–H groups in total. The van der Waals surface area contributed by atoms with Crippen molar-refractivity contribution in [1.29, 1.82) is 0 Å². The maximum absolute atomic E-state index is 12.5. The third-order valence-electron chi connectivity index (χ3n) is 4.25. The summed E-state index contributed by atoms with van der Waals surface area (Å²) in [5.74, 6) is -1.07. The van der Waals surface area contributed by atoms with E-state index in [1.807, 2.05) is 32.3 Å². The maximum Gasteiger partial charge on any atom is 0.338 e. The standard InChI is InChI=1S/C19H22N2O5S/c1-11(2)20-12(3)8-15(13(20)4)17(22)10-26-19(23)14-6-7-18(27-5)16(9-14)21(24)25/h6-9,11H,10H2,1-5H3. The molecule has 0 fully saturated rings. The Morgan fingerprint density at radius 1 is 1.26 bits per heavy atom. The number of hydrogen-bond donors (Lipinski definition) is 0. The number of aryl methyl sites for hydroxylation is 1. The number of Topliss-reactive ketones (excluding diaryl/α,β-unsaturated/α-hetero) is 1. The average Bonchev–Trinajstić information content (AvgIpc) is 2.93. The van der Waals surface area contributed by atoms with E-state index in [-0.39, 0.29) is 23.1 Å². The van der Waals surface area contributed by atoms with Crippen LogP contribution < -0.4 is 0 Å². The average molecular weight is 390 g/mol. The van der Waals surface area contributed by atoms with Gasteiger partial charge < -0.3 is 9.30 Å². The highest BCUT2D eigenvalue weighted by Crippen LogP contribution is 2.28. The Kier molecular flexibility index (Phi) is 6.43. The van der Waals surface area contributed by atoms with Crippen LogP contribution in [-0.2, 0) is 4.74 Å². The number of benzene rings is 1. The molecular weight excluding hydrogens is 368 g/mol. The van der Waals surface area contributed by atoms with Gasteiger partial charge in [-0.05, 0) is 52.1 Å². The molecule has 27 heavy (non-hydrogen) atoms. The van der Waals surface area contributed by atoms with Crippen molar-refractivity contribution in [2.45, 2.75) is 38.6 Å². The predicted molar refractivity (Wildman–Crippen MR) is 104 cm³/mol. The molecular formula is C19H22N2O5S. The summed E-state index contributed by atoms with van der Waals surface area (Å²) in [5, 5.41) is 11.1. The molecule has 1 aromatic heterocycles. The van der Waals surface area contributed by atoms with Crippen molar-refractivity contribution in [2.24, 2.45) is 0 Å². The van der Waals surface area contributed by atoms with Crippen LogP contribution in [0.1, 0.15) is 52.0 Å². The fraction of sp³-hybridized carbons (Fsp3) is 0.368. The lowest BCUT2D eigenvalue weighted by molar-refractivity contribution is -0.387. The summed E-state index contributed by atoms with van der Waals surface area (Å²) in [5.41, 5.74) is 2.17. The minimum atomic E-state index is -0.767. The molecule has 0 aliphatic rings. The SMILES string of the molecule is CSc1ccc(C(=O)OCC(=O)c2cc(C)n(C(C)C)c2C)cc1[N+](=O)[O-]. The molecule has 1 heterocycles. The molecule has 0 amide bonds. The minimum Gasteiger partial charge on any atom is -0.454 e. The van der Waals surface area contributed by atoms with Crippen molar-refractivity contribution < 1.29 is 19.2 Å². The van der Waals surface area contributed by atoms with Gasteiger partial charge in [0.05, 0.1) is 15.4 Å². The Bertz CT molecular complexity index is 902. The second-order valence-electron chi connectivity index (χ2n) is 6.39. The normalized spacial score (nSPS) is 10.9. The first kappa shape index (κ1) is 20.7. The highest BCUT2D eigenvalue weighted by Gasteiger charge is 2.21. The molecule has 1 aromatic carbocycles. The fourth-order valence-corrected chi connectivity index (χ4v) is 3.65. The molecule has 0 aliphatic heterocycles. The van der Waals surface area contributed by atoms with Crippen LogP contribution in [0.3, 0.4) is 0 Å². The summed E-state index contributed by atoms with van der Waals surface area (Å²) in [6.07, 6.45) is 1.71. The van der Waals surface area contributed by atoms with Crippen molar-refractivity contribution in [1.82, 2.24) is 4.57 Å². The van der Waals surface area contributed by atoms with Gasteiger partial charge in [-0.25, -0.2) is 4.79 Å². The Morgan fingerprint density at radius 2 is 1.93 bits per heavy atom. The summed E-state index contributed by atoms with van der Waals surface area (Å²) >= 11 is 1.22. The van der Waals surface area contributed by atoms with E-state index in [1.165, 1.54) is 30.0 Å². The number of rotatable bonds is 7. The molecule has 7 nitrogen and oxygen atoms in total. The molecule has 0 saturated carbocycles. The molecule has 0 saturated heterocycles. The number of nitro groups is 1. The smallest absolute Gasteiger partial charge is 0.338 e. The van der Waals surface area contributed by atoms with Crippen LogP contribution in [0.25, 0.3) is 0 Å². The maximum atomic E-state index is 12.5. The van der Waals surface area contributed by atoms with Crippen LogP contribution in [0.5, 0.6) is 0 Å². The second kappa shape index (κ2) is 8.39. The first-order chi connectivity index (χ1) is 12.7. The number of carbonyl (C=O) groups is 2. The number of carbonyl (C=O) groups excluding carboxylic acids is 2. The van der Waals surface area contributed by atoms with E-state index in [2.05, 4.69) is 0 Å². The van der Waals surface area contributed by atoms with Gasteiger partial charge in [-0.2, -0.15) is 0 Å². The Labute approximate surface area is 161 Å². The predicted octanol–water partition coefficient (Wildman–Crippen LogP) is 4.36. The largest absolute Gasteiger partial charge is 0.454 e. The van der Waals surface area contributed by atoms with E-state index in [4.69, 9.17) is 4.74 Å². The van der Waals surface area contributed by atoms with E-state index in [0.717, 1.165) is 11.4 Å². The number of thioether (sulfide) groups is 1. The van der Waals surface area contributed by atoms with Crippen molar-refractivity contribution in [3.05, 3.63) is 56.9 Å². The number of ketones is 1. The molecule has 144 valence electrons. The number of nitrogens with zero attached hydrogens (tertiary/aromatic N) is 2. The lowest BCUT2D eigenvalue weighted by Crippen LogP contribution is -2.15. The lowest BCUT2D eigenvalue weighted by atomic mass is 10.1. The Balaban J connectivity index is 2.14. The van der Waals surface area contributed by atoms with E-state index in [1.54, 1.807) is 12.3 Å². The fourth-order valence-electron chi connectivity index (χ4n) is 3.11. The number of hydrogen-bond acceptors (Lipinski definition) is 6. The van der Waals surface area contributed by atoms with Crippen molar-refractivity contribution in [2.75, 3.05) is 12.9 Å². The van der Waals surface area contributed by atoms with Crippen molar-refractivity contribution >= 4 is 29.2 Å². The third kappa shape index (κ3) is 4.39. The molecule has 2 rings (SSSR count). The quantitative estimate of drug-likeness (QED) is 0.229. The Morgan fingerprint density at radius 3 is 2.44 bits per heavy atom. The van der Waals surface area contributed by atoms with Gasteiger partial charge in [0.2, 0.25) is 5.78 Å². The van der Waals surface area contributed by atoms with Crippen molar-refractivity contribution in [3.8, 4) is 0 Å². The van der Waals surface area contributed by atoms with Gasteiger partial charge in [0.15, 0.2) is 6.61 Å². The van der Waals surface area contributed by atoms with Gasteiger partial charge in [0.25, 0.3) is 5.69 Å². The van der Waals surface area contributed by atoms with Gasteiger partial charge in [0.1, 0.15) is 0 Å². The molecule has 0 aliphatic carbocycles. The number of nitro benzene ring substituents is 1. The zero-order valence-electron chi connectivity index (χ0n) is 15.9. The number of esters is 1. The monoisotopic (exact) mass is 390 g/mol. The van der Waals surface area contributed by atoms with Crippen LogP contribution in [0.2, 0.25) is 0 Å². The molecule has 0 bridgehead atoms. The molecule has 0 unspecified atom stereocenters. The summed E-state index contributed by atoms with van der Waals surface area (Å²) in [6, 6.07) is 6.12. The van der Waals surface area contributed by atoms with Gasteiger partial charge in [-0.3, -0.25) is 14.9 Å². The minimum absolute atomic E-state index is 0.0416. The van der Waals surface area contributed by atoms with E-state index >= 15 is 0 Å². The molecule has 0 spiro atoms. The topological polar surface area (TPSA) is 91.4 Å². The summed E-state index contributed by atoms with van der Waals surface area (Å²) < 4.78 is 7.13. The lowest BCUT2D eigenvalue weighted by Gasteiger charge is -2.13. The van der Waals surface area contributed by atoms with E-state index < -0.39 is 17.5 Å². The summed E-state index contributed by atoms with van der Waals surface area (Å²) in [4.78, 5) is 35.7. The molecule has 8 heteroatoms. The summed E-state index contributed by atoms with van der Waals surface area (Å²) in [6.45, 7) is 7.41. The zero-order chi connectivity index (χ0) is 20.3. The zero-order valence-corrected chi connectivity index (χ0v) is 16.8. The van der Waals surface area contributed by atoms with Crippen LogP contribution >= 0.6 is 11.8 Å². The number of ether oxygens (including phenoxy) is 1. The van der Waals surface area contributed by atoms with E-state index in [0.29, 0.717) is 10.5 Å². The van der Waals surface area contributed by atoms with Crippen LogP contribution in [0, 0.1) is 24.0 Å². The van der Waals surface area contributed by atoms with E-state index in [9.17, 15) is 19.7 Å². The highest BCUT2D eigenvalue weighted by molar-refractivity contribution is 7.98. The Hall–Kier alpha value is -2.61. The molecule has 0 radical (unpaired) electrons. The highest BCUT2D eigenvalue weighted by atomic mass is 32.2. The molecule has 0 atom stereocenters. The summed E-state index contributed by atoms with van der Waals surface area (Å²) in [7, 11) is 0. The van der Waals surface area contributed by atoms with Crippen LogP contribution in [0.4, 0.5) is 5.69 Å². The van der Waals surface area contributed by atoms with Gasteiger partial charge in [0, 0.05) is 29.1 Å². The molecule has 2 aromatic rings. The van der Waals surface area contributed by atoms with Crippen LogP contribution in [0.15, 0.2) is 29.2 Å². The van der Waals surface area contributed by atoms with Gasteiger partial charge >= 0.3 is 5.97 Å². The van der Waals surface area contributed by atoms with Crippen LogP contribution in [-0.4, -0.2) is 34.1 Å². The van der Waals surface area contributed by atoms with Crippen molar-refractivity contribution in [3.63, 3.8) is 0 Å². The van der Waals surface area contributed by atoms with Gasteiger partial charge in [-0.15, -0.1) is 11.8 Å². The first-order valence-electron chi connectivity index (χ1n) is 8.38. The second-order valence-corrected chi connectivity index (χ2v) is 7.24.